The smallest absolute Gasteiger partial charge is 0.119 e. The van der Waals surface area contributed by atoms with E-state index in [-0.39, 0.29) is 0 Å². The molecule has 0 N–H and O–H groups in total. The fraction of sp³-hybridized carbons (Fsp3) is 0.381. The first-order valence-corrected chi connectivity index (χ1v) is 8.97. The summed E-state index contributed by atoms with van der Waals surface area (Å²) in [6, 6.07) is 16.8. The normalized spacial score (nSPS) is 11.1. The highest BCUT2D eigenvalue weighted by atomic mass is 16.5. The molecule has 1 aromatic heterocycles. The standard InChI is InChI=1S/C21H26N2O/c1-3-17-11-13-18(14-12-17)24-16-8-7-15-23-20-10-6-5-9-19(20)22-21(23)4-2/h5-6,9-14H,3-4,7-8,15-16H2,1-2H3. The molecule has 0 spiro atoms. The molecule has 24 heavy (non-hydrogen) atoms. The van der Waals surface area contributed by atoms with Crippen molar-refractivity contribution >= 4 is 11.0 Å². The highest BCUT2D eigenvalue weighted by molar-refractivity contribution is 5.75. The number of fused-ring (bicyclic) bond motifs is 1. The third-order valence-corrected chi connectivity index (χ3v) is 4.43. The van der Waals surface area contributed by atoms with Crippen LogP contribution in [0.5, 0.6) is 5.75 Å². The first-order chi connectivity index (χ1) is 11.8. The molecule has 3 rings (SSSR count). The Morgan fingerprint density at radius 3 is 2.46 bits per heavy atom. The molecule has 0 amide bonds. The quantitative estimate of drug-likeness (QED) is 0.544. The number of hydrogen-bond donors (Lipinski definition) is 0. The van der Waals surface area contributed by atoms with E-state index in [1.165, 1.54) is 16.9 Å². The Morgan fingerprint density at radius 1 is 0.917 bits per heavy atom. The SMILES string of the molecule is CCc1ccc(OCCCCn2c(CC)nc3ccccc32)cc1. The Bertz CT molecular complexity index is 774. The summed E-state index contributed by atoms with van der Waals surface area (Å²) in [5.74, 6) is 2.14. The molecule has 0 fully saturated rings. The highest BCUT2D eigenvalue weighted by Crippen LogP contribution is 2.18. The van der Waals surface area contributed by atoms with Gasteiger partial charge in [0.05, 0.1) is 17.6 Å². The van der Waals surface area contributed by atoms with Crippen molar-refractivity contribution in [1.29, 1.82) is 0 Å². The van der Waals surface area contributed by atoms with E-state index in [0.717, 1.165) is 50.1 Å². The van der Waals surface area contributed by atoms with Gasteiger partial charge in [-0.2, -0.15) is 0 Å². The van der Waals surface area contributed by atoms with Crippen LogP contribution in [0.3, 0.4) is 0 Å². The summed E-state index contributed by atoms with van der Waals surface area (Å²) in [4.78, 5) is 4.73. The van der Waals surface area contributed by atoms with Crippen LogP contribution in [0.25, 0.3) is 11.0 Å². The number of benzene rings is 2. The lowest BCUT2D eigenvalue weighted by atomic mass is 10.2. The van der Waals surface area contributed by atoms with Crippen LogP contribution in [0.15, 0.2) is 48.5 Å². The Kier molecular flexibility index (Phi) is 5.52. The van der Waals surface area contributed by atoms with Gasteiger partial charge in [0.1, 0.15) is 11.6 Å². The van der Waals surface area contributed by atoms with Crippen molar-refractivity contribution < 1.29 is 4.74 Å². The summed E-state index contributed by atoms with van der Waals surface area (Å²) >= 11 is 0. The van der Waals surface area contributed by atoms with Crippen LogP contribution in [0.1, 0.15) is 38.1 Å². The van der Waals surface area contributed by atoms with Crippen molar-refractivity contribution in [3.05, 3.63) is 59.9 Å². The van der Waals surface area contributed by atoms with E-state index >= 15 is 0 Å². The fourth-order valence-corrected chi connectivity index (χ4v) is 3.03. The van der Waals surface area contributed by atoms with Gasteiger partial charge in [0, 0.05) is 13.0 Å². The number of para-hydroxylation sites is 2. The van der Waals surface area contributed by atoms with E-state index in [1.54, 1.807) is 0 Å². The third-order valence-electron chi connectivity index (χ3n) is 4.43. The minimum atomic E-state index is 0.763. The van der Waals surface area contributed by atoms with Crippen LogP contribution in [-0.4, -0.2) is 16.2 Å². The largest absolute Gasteiger partial charge is 0.494 e. The third kappa shape index (κ3) is 3.78. The number of aryl methyl sites for hydroxylation is 3. The zero-order valence-electron chi connectivity index (χ0n) is 14.7. The van der Waals surface area contributed by atoms with Crippen LogP contribution >= 0.6 is 0 Å². The van der Waals surface area contributed by atoms with Crippen molar-refractivity contribution in [3.63, 3.8) is 0 Å². The van der Waals surface area contributed by atoms with Gasteiger partial charge >= 0.3 is 0 Å². The Hall–Kier alpha value is -2.29. The molecule has 2 aromatic carbocycles. The Morgan fingerprint density at radius 2 is 1.71 bits per heavy atom. The van der Waals surface area contributed by atoms with Gasteiger partial charge in [-0.25, -0.2) is 4.98 Å². The second kappa shape index (κ2) is 8.00. The minimum absolute atomic E-state index is 0.763. The topological polar surface area (TPSA) is 27.1 Å². The minimum Gasteiger partial charge on any atom is -0.494 e. The van der Waals surface area contributed by atoms with E-state index < -0.39 is 0 Å². The van der Waals surface area contributed by atoms with Crippen molar-refractivity contribution in [2.24, 2.45) is 0 Å². The molecule has 0 bridgehead atoms. The lowest BCUT2D eigenvalue weighted by Gasteiger charge is -2.09. The maximum absolute atomic E-state index is 5.84. The van der Waals surface area contributed by atoms with Crippen molar-refractivity contribution in [3.8, 4) is 5.75 Å². The molecule has 0 radical (unpaired) electrons. The Balaban J connectivity index is 1.51. The summed E-state index contributed by atoms with van der Waals surface area (Å²) in [7, 11) is 0. The molecule has 0 aliphatic heterocycles. The molecule has 3 aromatic rings. The number of aromatic nitrogens is 2. The van der Waals surface area contributed by atoms with Crippen molar-refractivity contribution in [2.45, 2.75) is 46.1 Å². The van der Waals surface area contributed by atoms with E-state index in [4.69, 9.17) is 9.72 Å². The van der Waals surface area contributed by atoms with Gasteiger partial charge < -0.3 is 9.30 Å². The molecule has 126 valence electrons. The van der Waals surface area contributed by atoms with Gasteiger partial charge in [-0.15, -0.1) is 0 Å². The molecule has 3 heteroatoms. The zero-order valence-corrected chi connectivity index (χ0v) is 14.7. The summed E-state index contributed by atoms with van der Waals surface area (Å²) in [5, 5.41) is 0. The van der Waals surface area contributed by atoms with Crippen LogP contribution in [0.2, 0.25) is 0 Å². The van der Waals surface area contributed by atoms with Gasteiger partial charge in [-0.1, -0.05) is 38.1 Å². The van der Waals surface area contributed by atoms with Gasteiger partial charge in [0.2, 0.25) is 0 Å². The number of hydrogen-bond acceptors (Lipinski definition) is 2. The molecule has 0 saturated heterocycles. The average molecular weight is 322 g/mol. The molecule has 0 unspecified atom stereocenters. The van der Waals surface area contributed by atoms with Gasteiger partial charge in [0.25, 0.3) is 0 Å². The monoisotopic (exact) mass is 322 g/mol. The first kappa shape index (κ1) is 16.6. The van der Waals surface area contributed by atoms with Crippen LogP contribution in [-0.2, 0) is 19.4 Å². The van der Waals surface area contributed by atoms with Gasteiger partial charge in [-0.3, -0.25) is 0 Å². The van der Waals surface area contributed by atoms with E-state index in [1.807, 2.05) is 0 Å². The molecule has 0 aliphatic rings. The average Bonchev–Trinajstić information content (AvgIpc) is 3.00. The van der Waals surface area contributed by atoms with Gasteiger partial charge in [0.15, 0.2) is 0 Å². The van der Waals surface area contributed by atoms with E-state index in [9.17, 15) is 0 Å². The second-order valence-corrected chi connectivity index (χ2v) is 6.08. The summed E-state index contributed by atoms with van der Waals surface area (Å²) in [6.45, 7) is 6.10. The number of ether oxygens (including phenoxy) is 1. The number of nitrogens with zero attached hydrogens (tertiary/aromatic N) is 2. The molecule has 0 aliphatic carbocycles. The van der Waals surface area contributed by atoms with E-state index in [0.29, 0.717) is 0 Å². The second-order valence-electron chi connectivity index (χ2n) is 6.08. The van der Waals surface area contributed by atoms with Gasteiger partial charge in [-0.05, 0) is 49.1 Å². The lowest BCUT2D eigenvalue weighted by Crippen LogP contribution is -2.05. The van der Waals surface area contributed by atoms with Crippen molar-refractivity contribution in [2.75, 3.05) is 6.61 Å². The highest BCUT2D eigenvalue weighted by Gasteiger charge is 2.08. The molecular formula is C21H26N2O. The predicted molar refractivity (Wildman–Crippen MR) is 99.7 cm³/mol. The number of unbranched alkanes of at least 4 members (excludes halogenated alkanes) is 1. The van der Waals surface area contributed by atoms with E-state index in [2.05, 4.69) is 66.9 Å². The Labute approximate surface area is 144 Å². The number of rotatable bonds is 8. The molecule has 0 atom stereocenters. The predicted octanol–water partition coefficient (Wildman–Crippen LogP) is 5.02. The first-order valence-electron chi connectivity index (χ1n) is 8.97. The maximum atomic E-state index is 5.84. The number of imidazole rings is 1. The maximum Gasteiger partial charge on any atom is 0.119 e. The van der Waals surface area contributed by atoms with Crippen LogP contribution in [0, 0.1) is 0 Å². The van der Waals surface area contributed by atoms with Crippen LogP contribution < -0.4 is 4.74 Å². The zero-order chi connectivity index (χ0) is 16.8. The van der Waals surface area contributed by atoms with Crippen LogP contribution in [0.4, 0.5) is 0 Å². The molecule has 1 heterocycles. The molecule has 0 saturated carbocycles. The summed E-state index contributed by atoms with van der Waals surface area (Å²) in [6.07, 6.45) is 4.18. The fourth-order valence-electron chi connectivity index (χ4n) is 3.03. The summed E-state index contributed by atoms with van der Waals surface area (Å²) in [5.41, 5.74) is 3.69. The molecule has 3 nitrogen and oxygen atoms in total. The van der Waals surface area contributed by atoms with Crippen molar-refractivity contribution in [1.82, 2.24) is 9.55 Å². The summed E-state index contributed by atoms with van der Waals surface area (Å²) < 4.78 is 8.20. The molecular weight excluding hydrogens is 296 g/mol. The lowest BCUT2D eigenvalue weighted by molar-refractivity contribution is 0.303.